The third-order valence-corrected chi connectivity index (χ3v) is 6.59. The monoisotopic (exact) mass is 370 g/mol. The van der Waals surface area contributed by atoms with Crippen molar-refractivity contribution in [3.8, 4) is 0 Å². The van der Waals surface area contributed by atoms with Crippen LogP contribution >= 0.6 is 11.3 Å². The molecular weight excluding hydrogens is 342 g/mol. The highest BCUT2D eigenvalue weighted by Gasteiger charge is 2.37. The molecule has 1 amide bonds. The van der Waals surface area contributed by atoms with E-state index >= 15 is 0 Å². The highest BCUT2D eigenvalue weighted by Crippen LogP contribution is 2.29. The van der Waals surface area contributed by atoms with Gasteiger partial charge in [0.15, 0.2) is 0 Å². The number of piperazine rings is 1. The zero-order chi connectivity index (χ0) is 17.9. The number of carbonyl (C=O) groups excluding carboxylic acids is 1. The van der Waals surface area contributed by atoms with Gasteiger partial charge in [-0.3, -0.25) is 4.79 Å². The molecule has 1 saturated heterocycles. The molecule has 2 fully saturated rings. The number of hydrogen-bond donors (Lipinski definition) is 2. The van der Waals surface area contributed by atoms with Crippen LogP contribution in [-0.2, 0) is 4.79 Å². The van der Waals surface area contributed by atoms with Crippen molar-refractivity contribution in [3.63, 3.8) is 0 Å². The third kappa shape index (κ3) is 3.94. The van der Waals surface area contributed by atoms with E-state index in [0.29, 0.717) is 6.04 Å². The van der Waals surface area contributed by atoms with Gasteiger partial charge in [-0.2, -0.15) is 0 Å². The van der Waals surface area contributed by atoms with E-state index in [4.69, 9.17) is 0 Å². The molecule has 1 aromatic carbocycles. The fraction of sp³-hybridized carbons (Fsp3) is 0.476. The second-order valence-electron chi connectivity index (χ2n) is 7.55. The molecular formula is C21H28N3OS+. The third-order valence-electron chi connectivity index (χ3n) is 5.63. The zero-order valence-electron chi connectivity index (χ0n) is 15.4. The highest BCUT2D eigenvalue weighted by atomic mass is 32.1. The minimum atomic E-state index is 0.167. The van der Waals surface area contributed by atoms with Crippen LogP contribution in [-0.4, -0.2) is 38.1 Å². The van der Waals surface area contributed by atoms with Gasteiger partial charge in [0.2, 0.25) is 5.91 Å². The summed E-state index contributed by atoms with van der Waals surface area (Å²) in [5.41, 5.74) is 1.31. The molecule has 0 radical (unpaired) electrons. The van der Waals surface area contributed by atoms with Gasteiger partial charge in [0, 0.05) is 11.6 Å². The summed E-state index contributed by atoms with van der Waals surface area (Å²) in [6.45, 7) is 6.50. The number of thiophene rings is 1. The lowest BCUT2D eigenvalue weighted by molar-refractivity contribution is -0.933. The second kappa shape index (κ2) is 7.80. The topological polar surface area (TPSA) is 36.8 Å². The largest absolute Gasteiger partial charge is 0.360 e. The summed E-state index contributed by atoms with van der Waals surface area (Å²) < 4.78 is 0. The van der Waals surface area contributed by atoms with Crippen molar-refractivity contribution in [1.82, 2.24) is 5.32 Å². The molecule has 2 aliphatic rings. The molecule has 4 rings (SSSR count). The standard InChI is InChI=1S/C21H27N3OS/c1-16(22-21(25)17-9-10-17)20(19-8-5-15-26-19)24-13-11-23(12-14-24)18-6-3-2-4-7-18/h2-8,15-17,20H,9-14H2,1H3,(H,22,25)/p+1/t16-,20-/m0/s1. The van der Waals surface area contributed by atoms with Gasteiger partial charge in [-0.1, -0.05) is 24.3 Å². The van der Waals surface area contributed by atoms with Gasteiger partial charge in [0.1, 0.15) is 6.04 Å². The fourth-order valence-electron chi connectivity index (χ4n) is 4.04. The number of quaternary nitrogens is 1. The summed E-state index contributed by atoms with van der Waals surface area (Å²) in [6.07, 6.45) is 2.12. The number of nitrogens with zero attached hydrogens (tertiary/aromatic N) is 1. The van der Waals surface area contributed by atoms with Crippen molar-refractivity contribution in [3.05, 3.63) is 52.7 Å². The van der Waals surface area contributed by atoms with Crippen LogP contribution in [0, 0.1) is 5.92 Å². The summed E-state index contributed by atoms with van der Waals surface area (Å²) in [6, 6.07) is 15.5. The lowest BCUT2D eigenvalue weighted by Gasteiger charge is -2.39. The lowest BCUT2D eigenvalue weighted by Crippen LogP contribution is -3.16. The first kappa shape index (κ1) is 17.6. The molecule has 1 aromatic heterocycles. The molecule has 2 heterocycles. The minimum Gasteiger partial charge on any atom is -0.360 e. The summed E-state index contributed by atoms with van der Waals surface area (Å²) in [5, 5.41) is 5.45. The maximum atomic E-state index is 12.3. The van der Waals surface area contributed by atoms with E-state index < -0.39 is 0 Å². The Hall–Kier alpha value is -1.85. The van der Waals surface area contributed by atoms with Crippen LogP contribution in [0.25, 0.3) is 0 Å². The Morgan fingerprint density at radius 2 is 1.88 bits per heavy atom. The van der Waals surface area contributed by atoms with Crippen LogP contribution in [0.3, 0.4) is 0 Å². The Morgan fingerprint density at radius 1 is 1.15 bits per heavy atom. The Kier molecular flexibility index (Phi) is 5.27. The first-order valence-corrected chi connectivity index (χ1v) is 10.6. The Morgan fingerprint density at radius 3 is 2.50 bits per heavy atom. The van der Waals surface area contributed by atoms with Gasteiger partial charge < -0.3 is 15.1 Å². The number of hydrogen-bond acceptors (Lipinski definition) is 3. The Labute approximate surface area is 159 Å². The SMILES string of the molecule is C[C@H](NC(=O)C1CC1)[C@@H](c1cccs1)[NH+]1CCN(c2ccccc2)CC1. The van der Waals surface area contributed by atoms with E-state index in [1.54, 1.807) is 4.90 Å². The molecule has 138 valence electrons. The predicted molar refractivity (Wildman–Crippen MR) is 107 cm³/mol. The quantitative estimate of drug-likeness (QED) is 0.817. The van der Waals surface area contributed by atoms with Gasteiger partial charge in [-0.05, 0) is 43.3 Å². The molecule has 1 aliphatic carbocycles. The van der Waals surface area contributed by atoms with Crippen LogP contribution in [0.4, 0.5) is 5.69 Å². The fourth-order valence-corrected chi connectivity index (χ4v) is 5.03. The molecule has 0 bridgehead atoms. The van der Waals surface area contributed by atoms with Gasteiger partial charge in [0.05, 0.1) is 37.1 Å². The summed E-state index contributed by atoms with van der Waals surface area (Å²) in [7, 11) is 0. The summed E-state index contributed by atoms with van der Waals surface area (Å²) in [4.78, 5) is 17.7. The molecule has 0 unspecified atom stereocenters. The lowest BCUT2D eigenvalue weighted by atomic mass is 10.0. The molecule has 1 saturated carbocycles. The van der Waals surface area contributed by atoms with Crippen LogP contribution in [0.5, 0.6) is 0 Å². The Balaban J connectivity index is 1.44. The number of nitrogens with one attached hydrogen (secondary N) is 2. The van der Waals surface area contributed by atoms with Crippen molar-refractivity contribution in [2.24, 2.45) is 5.92 Å². The van der Waals surface area contributed by atoms with Crippen molar-refractivity contribution in [2.45, 2.75) is 31.8 Å². The average Bonchev–Trinajstić information content (AvgIpc) is 3.40. The van der Waals surface area contributed by atoms with Gasteiger partial charge in [-0.15, -0.1) is 11.3 Å². The van der Waals surface area contributed by atoms with Crippen molar-refractivity contribution in [1.29, 1.82) is 0 Å². The van der Waals surface area contributed by atoms with Gasteiger partial charge >= 0.3 is 0 Å². The molecule has 4 nitrogen and oxygen atoms in total. The van der Waals surface area contributed by atoms with E-state index in [1.807, 2.05) is 11.3 Å². The van der Waals surface area contributed by atoms with E-state index in [2.05, 4.69) is 65.0 Å². The number of amides is 1. The molecule has 2 atom stereocenters. The van der Waals surface area contributed by atoms with Crippen molar-refractivity contribution in [2.75, 3.05) is 31.1 Å². The molecule has 1 aliphatic heterocycles. The van der Waals surface area contributed by atoms with Crippen molar-refractivity contribution >= 4 is 22.9 Å². The van der Waals surface area contributed by atoms with E-state index in [-0.39, 0.29) is 17.9 Å². The number of benzene rings is 1. The molecule has 2 N–H and O–H groups in total. The molecule has 2 aromatic rings. The smallest absolute Gasteiger partial charge is 0.223 e. The van der Waals surface area contributed by atoms with Crippen LogP contribution in [0.1, 0.15) is 30.7 Å². The predicted octanol–water partition coefficient (Wildman–Crippen LogP) is 2.11. The first-order valence-electron chi connectivity index (χ1n) is 9.71. The maximum Gasteiger partial charge on any atom is 0.223 e. The van der Waals surface area contributed by atoms with Gasteiger partial charge in [0.25, 0.3) is 0 Å². The number of carbonyl (C=O) groups is 1. The van der Waals surface area contributed by atoms with E-state index in [9.17, 15) is 4.79 Å². The van der Waals surface area contributed by atoms with Crippen LogP contribution < -0.4 is 15.1 Å². The maximum absolute atomic E-state index is 12.3. The molecule has 0 spiro atoms. The first-order chi connectivity index (χ1) is 12.7. The second-order valence-corrected chi connectivity index (χ2v) is 8.52. The number of para-hydroxylation sites is 1. The number of anilines is 1. The van der Waals surface area contributed by atoms with Gasteiger partial charge in [-0.25, -0.2) is 0 Å². The van der Waals surface area contributed by atoms with Crippen LogP contribution in [0.15, 0.2) is 47.8 Å². The average molecular weight is 371 g/mol. The van der Waals surface area contributed by atoms with Crippen LogP contribution in [0.2, 0.25) is 0 Å². The summed E-state index contributed by atoms with van der Waals surface area (Å²) in [5.74, 6) is 0.521. The Bertz CT molecular complexity index is 706. The number of rotatable bonds is 6. The van der Waals surface area contributed by atoms with E-state index in [1.165, 1.54) is 10.6 Å². The van der Waals surface area contributed by atoms with E-state index in [0.717, 1.165) is 39.0 Å². The zero-order valence-corrected chi connectivity index (χ0v) is 16.2. The summed E-state index contributed by atoms with van der Waals surface area (Å²) >= 11 is 1.82. The molecule has 26 heavy (non-hydrogen) atoms. The minimum absolute atomic E-state index is 0.167. The highest BCUT2D eigenvalue weighted by molar-refractivity contribution is 7.10. The van der Waals surface area contributed by atoms with Crippen molar-refractivity contribution < 1.29 is 9.69 Å². The molecule has 5 heteroatoms. The normalized spacial score (nSPS) is 20.6.